The van der Waals surface area contributed by atoms with Crippen LogP contribution in [-0.4, -0.2) is 33.4 Å². The molecule has 1 fully saturated rings. The minimum Gasteiger partial charge on any atom is -0.339 e. The van der Waals surface area contributed by atoms with Crippen LogP contribution in [0.1, 0.15) is 60.3 Å². The number of hydrogen-bond donors (Lipinski definition) is 0. The van der Waals surface area contributed by atoms with Gasteiger partial charge in [0.25, 0.3) is 5.91 Å². The van der Waals surface area contributed by atoms with Crippen LogP contribution >= 0.6 is 11.3 Å². The van der Waals surface area contributed by atoms with E-state index >= 15 is 0 Å². The number of nitrogens with zero attached hydrogens (tertiary/aromatic N) is 3. The van der Waals surface area contributed by atoms with E-state index in [4.69, 9.17) is 0 Å². The summed E-state index contributed by atoms with van der Waals surface area (Å²) in [6.45, 7) is 4.05. The zero-order valence-corrected chi connectivity index (χ0v) is 15.0. The molecule has 1 amide bonds. The van der Waals surface area contributed by atoms with Gasteiger partial charge < -0.3 is 4.90 Å². The van der Waals surface area contributed by atoms with Crippen LogP contribution in [0, 0.1) is 13.8 Å². The van der Waals surface area contributed by atoms with E-state index in [0.29, 0.717) is 6.04 Å². The topological polar surface area (TPSA) is 38.1 Å². The van der Waals surface area contributed by atoms with Gasteiger partial charge in [0, 0.05) is 36.1 Å². The lowest BCUT2D eigenvalue weighted by Gasteiger charge is -2.27. The SMILES string of the molecule is Cc1cc(C(=O)N(C)C2CCCCCC2)c(C)n1-c1nccs1. The molecule has 1 aliphatic rings. The Labute approximate surface area is 142 Å². The van der Waals surface area contributed by atoms with Gasteiger partial charge in [0.2, 0.25) is 0 Å². The Balaban J connectivity index is 1.86. The Hall–Kier alpha value is -1.62. The predicted octanol–water partition coefficient (Wildman–Crippen LogP) is 4.35. The summed E-state index contributed by atoms with van der Waals surface area (Å²) in [5.74, 6) is 0.146. The zero-order chi connectivity index (χ0) is 16.4. The number of rotatable bonds is 3. The highest BCUT2D eigenvalue weighted by Crippen LogP contribution is 2.26. The first-order valence-electron chi connectivity index (χ1n) is 8.45. The van der Waals surface area contributed by atoms with Crippen molar-refractivity contribution >= 4 is 17.2 Å². The van der Waals surface area contributed by atoms with Gasteiger partial charge in [-0.05, 0) is 32.8 Å². The molecule has 1 saturated carbocycles. The fourth-order valence-corrected chi connectivity index (χ4v) is 4.35. The number of carbonyl (C=O) groups excluding carboxylic acids is 1. The Morgan fingerprint density at radius 3 is 2.57 bits per heavy atom. The maximum atomic E-state index is 13.0. The molecule has 0 atom stereocenters. The van der Waals surface area contributed by atoms with E-state index in [1.54, 1.807) is 17.5 Å². The predicted molar refractivity (Wildman–Crippen MR) is 94.5 cm³/mol. The van der Waals surface area contributed by atoms with Crippen molar-refractivity contribution in [3.63, 3.8) is 0 Å². The third-order valence-electron chi connectivity index (χ3n) is 4.96. The zero-order valence-electron chi connectivity index (χ0n) is 14.2. The number of aromatic nitrogens is 2. The molecule has 2 aromatic heterocycles. The fourth-order valence-electron chi connectivity index (χ4n) is 3.60. The normalized spacial score (nSPS) is 16.3. The van der Waals surface area contributed by atoms with Crippen molar-refractivity contribution in [1.29, 1.82) is 0 Å². The summed E-state index contributed by atoms with van der Waals surface area (Å²) in [6, 6.07) is 2.39. The minimum absolute atomic E-state index is 0.146. The number of thiazole rings is 1. The van der Waals surface area contributed by atoms with E-state index in [9.17, 15) is 4.79 Å². The molecular formula is C18H25N3OS. The van der Waals surface area contributed by atoms with E-state index in [1.807, 2.05) is 37.2 Å². The van der Waals surface area contributed by atoms with Gasteiger partial charge >= 0.3 is 0 Å². The first-order chi connectivity index (χ1) is 11.1. The maximum Gasteiger partial charge on any atom is 0.255 e. The second kappa shape index (κ2) is 6.87. The molecule has 5 heteroatoms. The van der Waals surface area contributed by atoms with Crippen molar-refractivity contribution < 1.29 is 4.79 Å². The van der Waals surface area contributed by atoms with Gasteiger partial charge in [-0.15, -0.1) is 11.3 Å². The van der Waals surface area contributed by atoms with Crippen LogP contribution in [-0.2, 0) is 0 Å². The maximum absolute atomic E-state index is 13.0. The van der Waals surface area contributed by atoms with E-state index in [-0.39, 0.29) is 5.91 Å². The Bertz CT molecular complexity index is 667. The third kappa shape index (κ3) is 3.20. The summed E-state index contributed by atoms with van der Waals surface area (Å²) in [6.07, 6.45) is 9.15. The average molecular weight is 331 g/mol. The van der Waals surface area contributed by atoms with Crippen LogP contribution in [0.2, 0.25) is 0 Å². The molecule has 0 aliphatic heterocycles. The van der Waals surface area contributed by atoms with Crippen LogP contribution in [0.5, 0.6) is 0 Å². The summed E-state index contributed by atoms with van der Waals surface area (Å²) >= 11 is 1.60. The molecule has 3 rings (SSSR count). The van der Waals surface area contributed by atoms with Gasteiger partial charge in [0.1, 0.15) is 0 Å². The first-order valence-corrected chi connectivity index (χ1v) is 9.33. The van der Waals surface area contributed by atoms with Crippen LogP contribution in [0.3, 0.4) is 0 Å². The molecule has 23 heavy (non-hydrogen) atoms. The van der Waals surface area contributed by atoms with Crippen molar-refractivity contribution in [3.05, 3.63) is 34.6 Å². The van der Waals surface area contributed by atoms with Crippen molar-refractivity contribution in [2.45, 2.75) is 58.4 Å². The fraction of sp³-hybridized carbons (Fsp3) is 0.556. The summed E-state index contributed by atoms with van der Waals surface area (Å²) in [5, 5.41) is 2.89. The number of carbonyl (C=O) groups is 1. The molecule has 1 aliphatic carbocycles. The van der Waals surface area contributed by atoms with Gasteiger partial charge in [0.15, 0.2) is 5.13 Å². The summed E-state index contributed by atoms with van der Waals surface area (Å²) in [7, 11) is 1.97. The van der Waals surface area contributed by atoms with Crippen LogP contribution in [0.25, 0.3) is 5.13 Å². The number of hydrogen-bond acceptors (Lipinski definition) is 3. The molecule has 0 N–H and O–H groups in total. The molecule has 0 unspecified atom stereocenters. The first kappa shape index (κ1) is 16.2. The Morgan fingerprint density at radius 2 is 1.96 bits per heavy atom. The van der Waals surface area contributed by atoms with E-state index in [1.165, 1.54) is 25.7 Å². The van der Waals surface area contributed by atoms with Crippen molar-refractivity contribution in [2.75, 3.05) is 7.05 Å². The lowest BCUT2D eigenvalue weighted by Crippen LogP contribution is -2.37. The van der Waals surface area contributed by atoms with Crippen LogP contribution in [0.4, 0.5) is 0 Å². The molecule has 0 radical (unpaired) electrons. The quantitative estimate of drug-likeness (QED) is 0.784. The molecule has 0 aromatic carbocycles. The highest BCUT2D eigenvalue weighted by molar-refractivity contribution is 7.12. The molecule has 124 valence electrons. The van der Waals surface area contributed by atoms with Crippen molar-refractivity contribution in [2.24, 2.45) is 0 Å². The Morgan fingerprint density at radius 1 is 1.26 bits per heavy atom. The summed E-state index contributed by atoms with van der Waals surface area (Å²) < 4.78 is 2.08. The monoisotopic (exact) mass is 331 g/mol. The Kier molecular flexibility index (Phi) is 4.85. The van der Waals surface area contributed by atoms with Gasteiger partial charge in [0.05, 0.1) is 5.56 Å². The number of aryl methyl sites for hydroxylation is 1. The second-order valence-electron chi connectivity index (χ2n) is 6.50. The van der Waals surface area contributed by atoms with Crippen molar-refractivity contribution in [1.82, 2.24) is 14.5 Å². The molecule has 2 heterocycles. The average Bonchev–Trinajstić information content (AvgIpc) is 3.05. The lowest BCUT2D eigenvalue weighted by atomic mass is 10.1. The number of amides is 1. The van der Waals surface area contributed by atoms with Gasteiger partial charge in [-0.3, -0.25) is 9.36 Å². The molecule has 0 saturated heterocycles. The standard InChI is InChI=1S/C18H25N3OS/c1-13-12-16(14(2)21(13)18-19-10-11-23-18)17(22)20(3)15-8-6-4-5-7-9-15/h10-12,15H,4-9H2,1-3H3. The van der Waals surface area contributed by atoms with Gasteiger partial charge in [-0.1, -0.05) is 25.7 Å². The molecule has 0 spiro atoms. The minimum atomic E-state index is 0.146. The highest BCUT2D eigenvalue weighted by Gasteiger charge is 2.25. The summed E-state index contributed by atoms with van der Waals surface area (Å²) in [5.41, 5.74) is 2.86. The van der Waals surface area contributed by atoms with Crippen molar-refractivity contribution in [3.8, 4) is 5.13 Å². The highest BCUT2D eigenvalue weighted by atomic mass is 32.1. The van der Waals surface area contributed by atoms with E-state index in [0.717, 1.165) is 34.9 Å². The second-order valence-corrected chi connectivity index (χ2v) is 7.37. The largest absolute Gasteiger partial charge is 0.339 e. The molecule has 2 aromatic rings. The molecule has 4 nitrogen and oxygen atoms in total. The van der Waals surface area contributed by atoms with E-state index < -0.39 is 0 Å². The van der Waals surface area contributed by atoms with Gasteiger partial charge in [-0.2, -0.15) is 0 Å². The van der Waals surface area contributed by atoms with Crippen LogP contribution < -0.4 is 0 Å². The smallest absolute Gasteiger partial charge is 0.255 e. The molecule has 0 bridgehead atoms. The molecular weight excluding hydrogens is 306 g/mol. The summed E-state index contributed by atoms with van der Waals surface area (Å²) in [4.78, 5) is 19.4. The van der Waals surface area contributed by atoms with E-state index in [2.05, 4.69) is 9.55 Å². The van der Waals surface area contributed by atoms with Gasteiger partial charge in [-0.25, -0.2) is 4.98 Å². The van der Waals surface area contributed by atoms with Crippen LogP contribution in [0.15, 0.2) is 17.6 Å². The lowest BCUT2D eigenvalue weighted by molar-refractivity contribution is 0.0717. The third-order valence-corrected chi connectivity index (χ3v) is 5.72.